The van der Waals surface area contributed by atoms with Crippen molar-refractivity contribution in [1.82, 2.24) is 0 Å². The molecule has 0 saturated heterocycles. The van der Waals surface area contributed by atoms with E-state index in [1.807, 2.05) is 6.92 Å². The standard InChI is InChI=1S/C28H41F17O9/c1-2-46-5-6-48-9-10-50-13-14-52-17-18-54-20-19-53-16-15-51-12-11-49-8-7-47-4-3-21(29,30)22(31,32)23(33,34)24(35,36)25(37,38)26(39,40)27(41,42)28(43,44)45/h2-20H2,1H3. The normalized spacial score (nSPS) is 14.3. The van der Waals surface area contributed by atoms with Gasteiger partial charge in [0.15, 0.2) is 0 Å². The third-order valence-electron chi connectivity index (χ3n) is 6.53. The lowest BCUT2D eigenvalue weighted by Crippen LogP contribution is -2.74. The molecule has 0 rings (SSSR count). The van der Waals surface area contributed by atoms with Gasteiger partial charge in [0.1, 0.15) is 0 Å². The highest BCUT2D eigenvalue weighted by Crippen LogP contribution is 2.64. The quantitative estimate of drug-likeness (QED) is 0.0529. The first-order valence-electron chi connectivity index (χ1n) is 15.7. The van der Waals surface area contributed by atoms with Crippen LogP contribution in [0, 0.1) is 0 Å². The summed E-state index contributed by atoms with van der Waals surface area (Å²) in [5.41, 5.74) is 0. The summed E-state index contributed by atoms with van der Waals surface area (Å²) in [5.74, 6) is -56.5. The molecule has 54 heavy (non-hydrogen) atoms. The van der Waals surface area contributed by atoms with Crippen LogP contribution in [0.25, 0.3) is 0 Å². The van der Waals surface area contributed by atoms with Gasteiger partial charge in [-0.25, -0.2) is 0 Å². The van der Waals surface area contributed by atoms with Crippen LogP contribution < -0.4 is 0 Å². The van der Waals surface area contributed by atoms with E-state index in [2.05, 4.69) is 4.74 Å². The Bertz CT molecular complexity index is 990. The Balaban J connectivity index is 4.20. The highest BCUT2D eigenvalue weighted by atomic mass is 19.4. The summed E-state index contributed by atoms with van der Waals surface area (Å²) in [4.78, 5) is 0. The number of ether oxygens (including phenoxy) is 9. The van der Waals surface area contributed by atoms with E-state index in [-0.39, 0.29) is 39.6 Å². The lowest BCUT2D eigenvalue weighted by Gasteiger charge is -2.42. The third kappa shape index (κ3) is 14.8. The minimum atomic E-state index is -8.66. The van der Waals surface area contributed by atoms with Crippen LogP contribution in [-0.4, -0.2) is 167 Å². The highest BCUT2D eigenvalue weighted by molar-refractivity contribution is 5.15. The summed E-state index contributed by atoms with van der Waals surface area (Å²) in [5, 5.41) is 0. The molecule has 0 fully saturated rings. The summed E-state index contributed by atoms with van der Waals surface area (Å²) >= 11 is 0. The topological polar surface area (TPSA) is 83.1 Å². The molecule has 0 spiro atoms. The molecule has 326 valence electrons. The average Bonchev–Trinajstić information content (AvgIpc) is 3.06. The maximum atomic E-state index is 13.8. The van der Waals surface area contributed by atoms with Crippen LogP contribution in [0.5, 0.6) is 0 Å². The Kier molecular flexibility index (Phi) is 22.9. The Morgan fingerprint density at radius 2 is 0.463 bits per heavy atom. The predicted molar refractivity (Wildman–Crippen MR) is 148 cm³/mol. The van der Waals surface area contributed by atoms with Crippen molar-refractivity contribution in [3.05, 3.63) is 0 Å². The molecule has 0 bridgehead atoms. The number of hydrogen-bond donors (Lipinski definition) is 0. The Labute approximate surface area is 297 Å². The lowest BCUT2D eigenvalue weighted by molar-refractivity contribution is -0.462. The summed E-state index contributed by atoms with van der Waals surface area (Å²) in [7, 11) is 0. The smallest absolute Gasteiger partial charge is 0.379 e. The number of rotatable bonds is 34. The lowest BCUT2D eigenvalue weighted by atomic mass is 9.88. The van der Waals surface area contributed by atoms with Gasteiger partial charge in [0.05, 0.1) is 112 Å². The largest absolute Gasteiger partial charge is 0.460 e. The van der Waals surface area contributed by atoms with Crippen LogP contribution in [0.15, 0.2) is 0 Å². The van der Waals surface area contributed by atoms with Crippen LogP contribution in [-0.2, 0) is 42.6 Å². The van der Waals surface area contributed by atoms with Gasteiger partial charge < -0.3 is 42.6 Å². The Hall–Kier alpha value is -1.55. The van der Waals surface area contributed by atoms with E-state index in [9.17, 15) is 74.6 Å². The van der Waals surface area contributed by atoms with Crippen LogP contribution in [0.1, 0.15) is 13.3 Å². The monoisotopic (exact) mass is 844 g/mol. The molecular formula is C28H41F17O9. The zero-order chi connectivity index (χ0) is 41.8. The minimum absolute atomic E-state index is 0.0615. The minimum Gasteiger partial charge on any atom is -0.379 e. The molecule has 0 N–H and O–H groups in total. The van der Waals surface area contributed by atoms with Gasteiger partial charge in [0, 0.05) is 13.0 Å². The number of hydrogen-bond acceptors (Lipinski definition) is 9. The Morgan fingerprint density at radius 1 is 0.259 bits per heavy atom. The van der Waals surface area contributed by atoms with Crippen LogP contribution in [0.3, 0.4) is 0 Å². The second-order valence-electron chi connectivity index (χ2n) is 10.5. The number of halogens is 17. The fraction of sp³-hybridized carbons (Fsp3) is 1.00. The zero-order valence-corrected chi connectivity index (χ0v) is 28.5. The van der Waals surface area contributed by atoms with Gasteiger partial charge in [0.25, 0.3) is 0 Å². The molecule has 0 aromatic carbocycles. The molecule has 0 heterocycles. The van der Waals surface area contributed by atoms with E-state index in [0.29, 0.717) is 59.5 Å². The fourth-order valence-corrected chi connectivity index (χ4v) is 3.46. The first-order chi connectivity index (χ1) is 24.8. The molecule has 0 atom stereocenters. The first kappa shape index (κ1) is 52.5. The van der Waals surface area contributed by atoms with Gasteiger partial charge in [-0.15, -0.1) is 0 Å². The van der Waals surface area contributed by atoms with E-state index in [1.54, 1.807) is 0 Å². The molecule has 0 aliphatic heterocycles. The summed E-state index contributed by atoms with van der Waals surface area (Å²) in [6.07, 6.45) is -10.5. The van der Waals surface area contributed by atoms with Crippen molar-refractivity contribution in [3.63, 3.8) is 0 Å². The van der Waals surface area contributed by atoms with Crippen LogP contribution in [0.2, 0.25) is 0 Å². The molecular weight excluding hydrogens is 803 g/mol. The van der Waals surface area contributed by atoms with Crippen LogP contribution >= 0.6 is 0 Å². The molecule has 0 aromatic rings. The SMILES string of the molecule is CCOCCOCCOCCOCCOCCOCCOCCOCCOCCC(F)(F)C(F)(F)C(F)(F)C(F)(F)C(F)(F)C(F)(F)C(F)(F)C(F)(F)F. The van der Waals surface area contributed by atoms with E-state index < -0.39 is 73.9 Å². The molecule has 0 unspecified atom stereocenters. The fourth-order valence-electron chi connectivity index (χ4n) is 3.46. The molecule has 9 nitrogen and oxygen atoms in total. The number of alkyl halides is 17. The average molecular weight is 845 g/mol. The van der Waals surface area contributed by atoms with Crippen molar-refractivity contribution in [1.29, 1.82) is 0 Å². The van der Waals surface area contributed by atoms with Crippen molar-refractivity contribution in [2.75, 3.05) is 119 Å². The van der Waals surface area contributed by atoms with Crippen molar-refractivity contribution >= 4 is 0 Å². The van der Waals surface area contributed by atoms with Gasteiger partial charge in [-0.2, -0.15) is 74.6 Å². The van der Waals surface area contributed by atoms with E-state index >= 15 is 0 Å². The highest BCUT2D eigenvalue weighted by Gasteiger charge is 2.95. The molecule has 0 aliphatic rings. The Morgan fingerprint density at radius 3 is 0.704 bits per heavy atom. The van der Waals surface area contributed by atoms with Crippen molar-refractivity contribution < 1.29 is 117 Å². The molecule has 0 aromatic heterocycles. The van der Waals surface area contributed by atoms with Crippen molar-refractivity contribution in [3.8, 4) is 0 Å². The van der Waals surface area contributed by atoms with E-state index in [0.717, 1.165) is 0 Å². The summed E-state index contributed by atoms with van der Waals surface area (Å²) in [6, 6.07) is 0. The van der Waals surface area contributed by atoms with Gasteiger partial charge >= 0.3 is 47.6 Å². The molecule has 0 aliphatic carbocycles. The first-order valence-corrected chi connectivity index (χ1v) is 15.7. The predicted octanol–water partition coefficient (Wildman–Crippen LogP) is 6.56. The maximum Gasteiger partial charge on any atom is 0.460 e. The van der Waals surface area contributed by atoms with Crippen LogP contribution in [0.4, 0.5) is 74.6 Å². The maximum absolute atomic E-state index is 13.8. The van der Waals surface area contributed by atoms with Gasteiger partial charge in [-0.3, -0.25) is 0 Å². The zero-order valence-electron chi connectivity index (χ0n) is 28.5. The molecule has 0 radical (unpaired) electrons. The van der Waals surface area contributed by atoms with Gasteiger partial charge in [0.2, 0.25) is 0 Å². The second-order valence-corrected chi connectivity index (χ2v) is 10.5. The second kappa shape index (κ2) is 23.6. The third-order valence-corrected chi connectivity index (χ3v) is 6.53. The van der Waals surface area contributed by atoms with E-state index in [4.69, 9.17) is 37.9 Å². The summed E-state index contributed by atoms with van der Waals surface area (Å²) in [6.45, 7) is 3.31. The van der Waals surface area contributed by atoms with Gasteiger partial charge in [-0.1, -0.05) is 0 Å². The van der Waals surface area contributed by atoms with Crippen molar-refractivity contribution in [2.24, 2.45) is 0 Å². The summed E-state index contributed by atoms with van der Waals surface area (Å²) < 4.78 is 272. The molecule has 26 heteroatoms. The molecule has 0 saturated carbocycles. The molecule has 0 amide bonds. The van der Waals surface area contributed by atoms with Gasteiger partial charge in [-0.05, 0) is 6.92 Å². The van der Waals surface area contributed by atoms with E-state index in [1.165, 1.54) is 0 Å². The van der Waals surface area contributed by atoms with Crippen molar-refractivity contribution in [2.45, 2.75) is 61.0 Å².